The number of halogens is 1. The third-order valence-electron chi connectivity index (χ3n) is 5.99. The highest BCUT2D eigenvalue weighted by molar-refractivity contribution is 7.89. The van der Waals surface area contributed by atoms with Gasteiger partial charge in [0.25, 0.3) is 5.91 Å². The number of hydrogen-bond donors (Lipinski definition) is 3. The van der Waals surface area contributed by atoms with Gasteiger partial charge in [-0.2, -0.15) is 0 Å². The maximum absolute atomic E-state index is 13.4. The highest BCUT2D eigenvalue weighted by atomic mass is 32.2. The summed E-state index contributed by atoms with van der Waals surface area (Å²) in [6.45, 7) is 3.00. The van der Waals surface area contributed by atoms with Crippen molar-refractivity contribution in [2.24, 2.45) is 0 Å². The van der Waals surface area contributed by atoms with E-state index >= 15 is 0 Å². The average molecular weight is 498 g/mol. The van der Waals surface area contributed by atoms with E-state index in [1.165, 1.54) is 24.5 Å². The predicted molar refractivity (Wildman–Crippen MR) is 130 cm³/mol. The van der Waals surface area contributed by atoms with Crippen LogP contribution in [0.2, 0.25) is 0 Å². The number of benzene rings is 2. The summed E-state index contributed by atoms with van der Waals surface area (Å²) < 4.78 is 42.2. The monoisotopic (exact) mass is 497 g/mol. The van der Waals surface area contributed by atoms with Gasteiger partial charge in [0.15, 0.2) is 5.82 Å². The van der Waals surface area contributed by atoms with Gasteiger partial charge in [-0.1, -0.05) is 31.2 Å². The molecule has 0 spiro atoms. The molecule has 3 N–H and O–H groups in total. The lowest BCUT2D eigenvalue weighted by Crippen LogP contribution is -2.46. The minimum absolute atomic E-state index is 0.131. The molecule has 2 unspecified atom stereocenters. The molecule has 2 aromatic carbocycles. The average Bonchev–Trinajstić information content (AvgIpc) is 3.41. The minimum atomic E-state index is -3.71. The van der Waals surface area contributed by atoms with Crippen molar-refractivity contribution in [1.29, 1.82) is 0 Å². The molecule has 2 atom stereocenters. The molecule has 0 bridgehead atoms. The zero-order valence-corrected chi connectivity index (χ0v) is 20.2. The summed E-state index contributed by atoms with van der Waals surface area (Å²) in [5.74, 6) is -0.488. The lowest BCUT2D eigenvalue weighted by molar-refractivity contribution is 0.0950. The highest BCUT2D eigenvalue weighted by Crippen LogP contribution is 2.18. The van der Waals surface area contributed by atoms with E-state index in [1.807, 2.05) is 6.92 Å². The molecule has 3 aromatic rings. The van der Waals surface area contributed by atoms with Crippen LogP contribution in [-0.4, -0.2) is 42.9 Å². The standard InChI is InChI=1S/C25H28FN5O3S/c1-2-22(23-10-5-11-27-23)31-35(33,34)21-9-3-6-17(12-21)14-30-25(32)19-15-28-24(29-16-19)18-7-4-8-20(26)13-18/h3-4,6-9,12-13,15-16,22-23,27,31H,2,5,10-11,14H2,1H3,(H,30,32). The van der Waals surface area contributed by atoms with Crippen LogP contribution in [0.1, 0.15) is 42.1 Å². The number of carbonyl (C=O) groups is 1. The number of rotatable bonds is 9. The Hall–Kier alpha value is -3.21. The second kappa shape index (κ2) is 11.0. The van der Waals surface area contributed by atoms with E-state index in [0.29, 0.717) is 23.4 Å². The van der Waals surface area contributed by atoms with Gasteiger partial charge in [-0.05, 0) is 55.6 Å². The van der Waals surface area contributed by atoms with E-state index in [9.17, 15) is 17.6 Å². The van der Waals surface area contributed by atoms with Crippen LogP contribution in [0.3, 0.4) is 0 Å². The van der Waals surface area contributed by atoms with Gasteiger partial charge in [-0.15, -0.1) is 0 Å². The van der Waals surface area contributed by atoms with Crippen molar-refractivity contribution in [3.05, 3.63) is 77.9 Å². The number of nitrogens with one attached hydrogen (secondary N) is 3. The van der Waals surface area contributed by atoms with Gasteiger partial charge in [0.05, 0.1) is 10.5 Å². The summed E-state index contributed by atoms with van der Waals surface area (Å²) in [5.41, 5.74) is 1.40. The topological polar surface area (TPSA) is 113 Å². The number of nitrogens with zero attached hydrogens (tertiary/aromatic N) is 2. The van der Waals surface area contributed by atoms with Crippen LogP contribution >= 0.6 is 0 Å². The van der Waals surface area contributed by atoms with Crippen LogP contribution < -0.4 is 15.4 Å². The highest BCUT2D eigenvalue weighted by Gasteiger charge is 2.28. The van der Waals surface area contributed by atoms with Crippen molar-refractivity contribution < 1.29 is 17.6 Å². The molecule has 2 heterocycles. The number of hydrogen-bond acceptors (Lipinski definition) is 6. The van der Waals surface area contributed by atoms with Crippen LogP contribution in [0.15, 0.2) is 65.8 Å². The van der Waals surface area contributed by atoms with Crippen molar-refractivity contribution in [3.8, 4) is 11.4 Å². The Morgan fingerprint density at radius 3 is 2.63 bits per heavy atom. The Kier molecular flexibility index (Phi) is 7.84. The molecular weight excluding hydrogens is 469 g/mol. The largest absolute Gasteiger partial charge is 0.348 e. The quantitative estimate of drug-likeness (QED) is 0.419. The molecule has 0 saturated carbocycles. The van der Waals surface area contributed by atoms with E-state index in [1.54, 1.807) is 36.4 Å². The molecule has 184 valence electrons. The fourth-order valence-electron chi connectivity index (χ4n) is 4.10. The third-order valence-corrected chi connectivity index (χ3v) is 7.48. The molecule has 0 radical (unpaired) electrons. The minimum Gasteiger partial charge on any atom is -0.348 e. The molecule has 10 heteroatoms. The van der Waals surface area contributed by atoms with Crippen molar-refractivity contribution in [3.63, 3.8) is 0 Å². The van der Waals surface area contributed by atoms with Crippen molar-refractivity contribution >= 4 is 15.9 Å². The lowest BCUT2D eigenvalue weighted by Gasteiger charge is -2.23. The molecular formula is C25H28FN5O3S. The normalized spacial score (nSPS) is 16.7. The SMILES string of the molecule is CCC(NS(=O)(=O)c1cccc(CNC(=O)c2cnc(-c3cccc(F)c3)nc2)c1)C1CCCN1. The van der Waals surface area contributed by atoms with Gasteiger partial charge in [0.2, 0.25) is 10.0 Å². The molecule has 1 aliphatic rings. The van der Waals surface area contributed by atoms with Crippen molar-refractivity contribution in [1.82, 2.24) is 25.3 Å². The van der Waals surface area contributed by atoms with E-state index in [2.05, 4.69) is 25.3 Å². The van der Waals surface area contributed by atoms with Gasteiger partial charge >= 0.3 is 0 Å². The van der Waals surface area contributed by atoms with Gasteiger partial charge in [-0.3, -0.25) is 4.79 Å². The Bertz CT molecular complexity index is 1280. The number of sulfonamides is 1. The molecule has 1 saturated heterocycles. The van der Waals surface area contributed by atoms with Crippen molar-refractivity contribution in [2.45, 2.75) is 49.7 Å². The summed E-state index contributed by atoms with van der Waals surface area (Å²) in [4.78, 5) is 21.0. The van der Waals surface area contributed by atoms with Crippen molar-refractivity contribution in [2.75, 3.05) is 6.54 Å². The summed E-state index contributed by atoms with van der Waals surface area (Å²) in [5, 5.41) is 6.11. The van der Waals surface area contributed by atoms with Crippen LogP contribution in [0.5, 0.6) is 0 Å². The molecule has 1 fully saturated rings. The fourth-order valence-corrected chi connectivity index (χ4v) is 5.53. The number of carbonyl (C=O) groups excluding carboxylic acids is 1. The Labute approximate surface area is 204 Å². The molecule has 1 aliphatic heterocycles. The second-order valence-corrected chi connectivity index (χ2v) is 10.2. The van der Waals surface area contributed by atoms with E-state index in [4.69, 9.17) is 0 Å². The van der Waals surface area contributed by atoms with Crippen LogP contribution in [-0.2, 0) is 16.6 Å². The second-order valence-electron chi connectivity index (χ2n) is 8.47. The maximum Gasteiger partial charge on any atom is 0.254 e. The molecule has 1 amide bonds. The van der Waals surface area contributed by atoms with Gasteiger partial charge < -0.3 is 10.6 Å². The number of amides is 1. The Balaban J connectivity index is 1.39. The first-order chi connectivity index (χ1) is 16.9. The number of aromatic nitrogens is 2. The smallest absolute Gasteiger partial charge is 0.254 e. The summed E-state index contributed by atoms with van der Waals surface area (Å²) >= 11 is 0. The fraction of sp³-hybridized carbons (Fsp3) is 0.320. The van der Waals surface area contributed by atoms with Crippen LogP contribution in [0, 0.1) is 5.82 Å². The summed E-state index contributed by atoms with van der Waals surface area (Å²) in [7, 11) is -3.71. The third kappa shape index (κ3) is 6.27. The van der Waals surface area contributed by atoms with Gasteiger partial charge in [0.1, 0.15) is 5.82 Å². The molecule has 1 aromatic heterocycles. The zero-order valence-electron chi connectivity index (χ0n) is 19.4. The first-order valence-electron chi connectivity index (χ1n) is 11.6. The first kappa shape index (κ1) is 24.9. The predicted octanol–water partition coefficient (Wildman–Crippen LogP) is 3.02. The van der Waals surface area contributed by atoms with Gasteiger partial charge in [-0.25, -0.2) is 27.5 Å². The van der Waals surface area contributed by atoms with E-state index < -0.39 is 21.7 Å². The van der Waals surface area contributed by atoms with E-state index in [0.717, 1.165) is 19.4 Å². The summed E-state index contributed by atoms with van der Waals surface area (Å²) in [6, 6.07) is 12.3. The van der Waals surface area contributed by atoms with Gasteiger partial charge in [0, 0.05) is 36.6 Å². The lowest BCUT2D eigenvalue weighted by atomic mass is 10.1. The molecule has 4 rings (SSSR count). The summed E-state index contributed by atoms with van der Waals surface area (Å²) in [6.07, 6.45) is 5.41. The molecule has 0 aliphatic carbocycles. The van der Waals surface area contributed by atoms with Crippen LogP contribution in [0.25, 0.3) is 11.4 Å². The maximum atomic E-state index is 13.4. The Morgan fingerprint density at radius 1 is 1.17 bits per heavy atom. The van der Waals surface area contributed by atoms with Crippen LogP contribution in [0.4, 0.5) is 4.39 Å². The first-order valence-corrected chi connectivity index (χ1v) is 13.0. The zero-order chi connectivity index (χ0) is 24.8. The molecule has 8 nitrogen and oxygen atoms in total. The Morgan fingerprint density at radius 2 is 1.94 bits per heavy atom. The van der Waals surface area contributed by atoms with E-state index in [-0.39, 0.29) is 29.1 Å². The molecule has 35 heavy (non-hydrogen) atoms.